The molecule has 0 spiro atoms. The summed E-state index contributed by atoms with van der Waals surface area (Å²) in [6.45, 7) is -0.576. The number of fused-ring (bicyclic) bond motifs is 7. The Hall–Kier alpha value is -8.63. The number of carbonyl (C=O) groups is 9. The standard InChI is InChI=1S/C53H55N9O13/c1-2-53(73)37-22-40-49-35(27-62(40)51(71)36(37)28-75-52(53)72)34(48-33-14-9-8-13-32(33)16-17-38(48)60-49)23-54-45(67)29-74-30-58-43(65)25-57-50(70)39(21-31-11-5-3-6-12-31)59-44(66)26-56-42(64)24-55-41(63)15-7-4-10-20-61-46(68)18-19-47(61)69/h3,5-6,8-9,11-14,16-19,22,39,73H,2,4,7,10,15,20-21,23-30H2,1H3,(H,54,67)(H,55,63)(H,56,64)(H,57,70)(H,58,65)(H,59,66)/t39-,53-/m0/s1. The number of nitrogens with one attached hydrogen (secondary N) is 6. The first-order valence-electron chi connectivity index (χ1n) is 24.4. The Labute approximate surface area is 428 Å². The minimum atomic E-state index is -2.01. The number of cyclic esters (lactones) is 1. The van der Waals surface area contributed by atoms with Gasteiger partial charge in [0.1, 0.15) is 26.0 Å². The number of unbranched alkanes of at least 4 members (excludes halogenated alkanes) is 2. The molecule has 0 bridgehead atoms. The van der Waals surface area contributed by atoms with E-state index in [1.165, 1.54) is 16.7 Å². The van der Waals surface area contributed by atoms with Crippen LogP contribution in [0.2, 0.25) is 0 Å². The van der Waals surface area contributed by atoms with E-state index in [2.05, 4.69) is 31.9 Å². The van der Waals surface area contributed by atoms with Gasteiger partial charge in [-0.25, -0.2) is 9.78 Å². The SMILES string of the molecule is CC[C@@]1(O)C(=O)OCc2c1cc1n(c2=O)Cc2c-1nc1ccc3ccccc3c1c2CNC(=O)COCNC(=O)CNC(=O)[C@H](Cc1ccccc1)NC(=O)CNC(=O)CNC(=O)CCCCCN1C(=O)C=CC1=O. The van der Waals surface area contributed by atoms with Crippen molar-refractivity contribution in [1.82, 2.24) is 46.4 Å². The van der Waals surface area contributed by atoms with E-state index >= 15 is 0 Å². The Balaban J connectivity index is 0.800. The normalized spacial score (nSPS) is 15.7. The van der Waals surface area contributed by atoms with Crippen LogP contribution in [0.15, 0.2) is 89.7 Å². The third-order valence-corrected chi connectivity index (χ3v) is 13.2. The van der Waals surface area contributed by atoms with Gasteiger partial charge in [0.05, 0.1) is 48.6 Å². The maximum absolute atomic E-state index is 14.0. The van der Waals surface area contributed by atoms with Gasteiger partial charge in [-0.15, -0.1) is 0 Å². The van der Waals surface area contributed by atoms with Crippen molar-refractivity contribution in [3.05, 3.63) is 123 Å². The Morgan fingerprint density at radius 3 is 2.25 bits per heavy atom. The van der Waals surface area contributed by atoms with Crippen molar-refractivity contribution in [2.45, 2.75) is 76.8 Å². The van der Waals surface area contributed by atoms with Crippen molar-refractivity contribution in [2.24, 2.45) is 0 Å². The molecule has 3 aliphatic heterocycles. The number of imide groups is 1. The van der Waals surface area contributed by atoms with E-state index in [-0.39, 0.29) is 68.4 Å². The highest BCUT2D eigenvalue weighted by Crippen LogP contribution is 2.41. The monoisotopic (exact) mass is 1030 g/mol. The summed E-state index contributed by atoms with van der Waals surface area (Å²) >= 11 is 0. The van der Waals surface area contributed by atoms with Gasteiger partial charge in [-0.3, -0.25) is 48.1 Å². The number of esters is 1. The first-order valence-corrected chi connectivity index (χ1v) is 24.4. The number of ether oxygens (including phenoxy) is 2. The molecule has 2 atom stereocenters. The van der Waals surface area contributed by atoms with Gasteiger partial charge in [-0.2, -0.15) is 0 Å². The zero-order valence-corrected chi connectivity index (χ0v) is 41.0. The average Bonchev–Trinajstić information content (AvgIpc) is 3.97. The van der Waals surface area contributed by atoms with Crippen molar-refractivity contribution in [2.75, 3.05) is 39.5 Å². The molecule has 0 aliphatic carbocycles. The molecule has 0 unspecified atom stereocenters. The van der Waals surface area contributed by atoms with Crippen LogP contribution in [0.4, 0.5) is 0 Å². The maximum Gasteiger partial charge on any atom is 0.343 e. The van der Waals surface area contributed by atoms with Crippen molar-refractivity contribution in [3.8, 4) is 11.4 Å². The van der Waals surface area contributed by atoms with Crippen LogP contribution >= 0.6 is 0 Å². The number of aromatic nitrogens is 2. The summed E-state index contributed by atoms with van der Waals surface area (Å²) in [5.74, 6) is -5.21. The fraction of sp³-hybridized carbons (Fsp3) is 0.340. The van der Waals surface area contributed by atoms with Gasteiger partial charge >= 0.3 is 5.97 Å². The first-order chi connectivity index (χ1) is 36.1. The van der Waals surface area contributed by atoms with E-state index in [9.17, 15) is 53.1 Å². The van der Waals surface area contributed by atoms with Gasteiger partial charge in [0.2, 0.25) is 35.4 Å². The Kier molecular flexibility index (Phi) is 16.5. The number of rotatable bonds is 23. The topological polar surface area (TPSA) is 303 Å². The lowest BCUT2D eigenvalue weighted by Gasteiger charge is -2.31. The fourth-order valence-corrected chi connectivity index (χ4v) is 9.20. The zero-order valence-electron chi connectivity index (χ0n) is 41.0. The highest BCUT2D eigenvalue weighted by molar-refractivity contribution is 6.13. The second-order valence-corrected chi connectivity index (χ2v) is 18.1. The molecule has 3 aliphatic rings. The van der Waals surface area contributed by atoms with Gasteiger partial charge in [-0.1, -0.05) is 74.0 Å². The lowest BCUT2D eigenvalue weighted by atomic mass is 9.86. The Bertz CT molecular complexity index is 3190. The summed E-state index contributed by atoms with van der Waals surface area (Å²) < 4.78 is 12.2. The predicted molar refractivity (Wildman–Crippen MR) is 268 cm³/mol. The molecule has 0 fully saturated rings. The van der Waals surface area contributed by atoms with Crippen molar-refractivity contribution >= 4 is 74.9 Å². The Morgan fingerprint density at radius 2 is 1.48 bits per heavy atom. The number of carbonyl (C=O) groups excluding carboxylic acids is 9. The number of amides is 8. The van der Waals surface area contributed by atoms with Gasteiger partial charge in [0, 0.05) is 54.6 Å². The van der Waals surface area contributed by atoms with Crippen molar-refractivity contribution in [3.63, 3.8) is 0 Å². The van der Waals surface area contributed by atoms with Crippen LogP contribution in [-0.2, 0) is 84.3 Å². The number of aliphatic hydroxyl groups is 1. The second kappa shape index (κ2) is 23.5. The van der Waals surface area contributed by atoms with Crippen LogP contribution in [0.1, 0.15) is 66.8 Å². The molecule has 390 valence electrons. The van der Waals surface area contributed by atoms with Crippen molar-refractivity contribution < 1.29 is 57.7 Å². The fourth-order valence-electron chi connectivity index (χ4n) is 9.20. The molecule has 3 aromatic carbocycles. The molecular weight excluding hydrogens is 971 g/mol. The predicted octanol–water partition coefficient (Wildman–Crippen LogP) is 0.501. The molecule has 22 heteroatoms. The summed E-state index contributed by atoms with van der Waals surface area (Å²) in [7, 11) is 0. The number of hydrogen-bond acceptors (Lipinski definition) is 14. The molecule has 8 amide bonds. The molecule has 22 nitrogen and oxygen atoms in total. The molecule has 5 heterocycles. The van der Waals surface area contributed by atoms with E-state index in [1.807, 2.05) is 36.4 Å². The van der Waals surface area contributed by atoms with E-state index in [4.69, 9.17) is 14.5 Å². The molecule has 5 aromatic rings. The van der Waals surface area contributed by atoms with Gasteiger partial charge in [0.15, 0.2) is 5.60 Å². The van der Waals surface area contributed by atoms with Crippen molar-refractivity contribution in [1.29, 1.82) is 0 Å². The molecule has 0 radical (unpaired) electrons. The third kappa shape index (κ3) is 12.1. The van der Waals surface area contributed by atoms with E-state index in [0.29, 0.717) is 52.9 Å². The third-order valence-electron chi connectivity index (χ3n) is 13.2. The van der Waals surface area contributed by atoms with E-state index in [0.717, 1.165) is 21.1 Å². The number of benzene rings is 3. The summed E-state index contributed by atoms with van der Waals surface area (Å²) in [4.78, 5) is 133. The number of pyridine rings is 2. The first kappa shape index (κ1) is 52.7. The van der Waals surface area contributed by atoms with Crippen LogP contribution in [0.5, 0.6) is 0 Å². The highest BCUT2D eigenvalue weighted by atomic mass is 16.6. The summed E-state index contributed by atoms with van der Waals surface area (Å²) in [6.07, 6.45) is 4.13. The number of hydrogen-bond donors (Lipinski definition) is 7. The van der Waals surface area contributed by atoms with E-state index in [1.54, 1.807) is 43.3 Å². The van der Waals surface area contributed by atoms with Gasteiger partial charge in [-0.05, 0) is 53.3 Å². The van der Waals surface area contributed by atoms with E-state index < -0.39 is 91.6 Å². The maximum atomic E-state index is 14.0. The molecule has 2 aromatic heterocycles. The molecule has 0 saturated heterocycles. The summed E-state index contributed by atoms with van der Waals surface area (Å²) in [6, 6.07) is 20.7. The highest BCUT2D eigenvalue weighted by Gasteiger charge is 2.45. The minimum Gasteiger partial charge on any atom is -0.458 e. The Morgan fingerprint density at radius 1 is 0.773 bits per heavy atom. The quantitative estimate of drug-likeness (QED) is 0.0151. The molecule has 8 rings (SSSR count). The van der Waals surface area contributed by atoms with Gasteiger partial charge < -0.3 is 51.0 Å². The largest absolute Gasteiger partial charge is 0.458 e. The smallest absolute Gasteiger partial charge is 0.343 e. The van der Waals surface area contributed by atoms with Crippen LogP contribution in [-0.4, -0.2) is 118 Å². The van der Waals surface area contributed by atoms with Crippen LogP contribution in [0, 0.1) is 0 Å². The summed E-state index contributed by atoms with van der Waals surface area (Å²) in [5, 5.41) is 29.2. The van der Waals surface area contributed by atoms with Crippen LogP contribution < -0.4 is 37.5 Å². The van der Waals surface area contributed by atoms with Crippen LogP contribution in [0.25, 0.3) is 33.1 Å². The molecule has 75 heavy (non-hydrogen) atoms. The zero-order chi connectivity index (χ0) is 53.2. The number of nitrogens with zero attached hydrogens (tertiary/aromatic N) is 3. The molecule has 7 N–H and O–H groups in total. The second-order valence-electron chi connectivity index (χ2n) is 18.1. The molecule has 0 saturated carbocycles. The molecular formula is C53H55N9O13. The van der Waals surface area contributed by atoms with Crippen LogP contribution in [0.3, 0.4) is 0 Å². The average molecular weight is 1030 g/mol. The minimum absolute atomic E-state index is 0.00152. The lowest BCUT2D eigenvalue weighted by Crippen LogP contribution is -2.52. The summed E-state index contributed by atoms with van der Waals surface area (Å²) in [5.41, 5.74) is 1.48. The lowest BCUT2D eigenvalue weighted by molar-refractivity contribution is -0.172. The van der Waals surface area contributed by atoms with Gasteiger partial charge in [0.25, 0.3) is 17.4 Å².